The average molecular weight is 341 g/mol. The standard InChI is InChI=1S/C17H28N4O.ClH/c1-12-15(13(2)20(3)19-12)6-7-17(22)21-10-8-16-14(11-21)5-4-9-18-16;/h14,16,18H,4-11H2,1-3H3;1H/t14-,16+;/m1./s1. The Morgan fingerprint density at radius 3 is 2.83 bits per heavy atom. The number of carbonyl (C=O) groups is 1. The first-order chi connectivity index (χ1) is 10.6. The van der Waals surface area contributed by atoms with E-state index in [0.717, 1.165) is 38.2 Å². The van der Waals surface area contributed by atoms with Crippen molar-refractivity contribution in [2.45, 2.75) is 52.0 Å². The number of hydrogen-bond acceptors (Lipinski definition) is 3. The number of likely N-dealkylation sites (tertiary alicyclic amines) is 1. The Morgan fingerprint density at radius 1 is 1.35 bits per heavy atom. The number of rotatable bonds is 3. The fourth-order valence-corrected chi connectivity index (χ4v) is 4.04. The molecule has 0 spiro atoms. The second-order valence-corrected chi connectivity index (χ2v) is 6.86. The maximum atomic E-state index is 12.6. The van der Waals surface area contributed by atoms with Crippen molar-refractivity contribution in [3.8, 4) is 0 Å². The molecular formula is C17H29ClN4O. The number of amides is 1. The van der Waals surface area contributed by atoms with Gasteiger partial charge in [0.05, 0.1) is 5.69 Å². The van der Waals surface area contributed by atoms with Gasteiger partial charge in [-0.05, 0) is 57.6 Å². The van der Waals surface area contributed by atoms with E-state index < -0.39 is 0 Å². The number of carbonyl (C=O) groups excluding carboxylic acids is 1. The van der Waals surface area contributed by atoms with E-state index in [1.54, 1.807) is 0 Å². The minimum absolute atomic E-state index is 0. The van der Waals surface area contributed by atoms with E-state index in [-0.39, 0.29) is 12.4 Å². The number of halogens is 1. The predicted octanol–water partition coefficient (Wildman–Crippen LogP) is 1.99. The van der Waals surface area contributed by atoms with Gasteiger partial charge in [-0.2, -0.15) is 5.10 Å². The number of hydrogen-bond donors (Lipinski definition) is 1. The summed E-state index contributed by atoms with van der Waals surface area (Å²) in [7, 11) is 1.97. The lowest BCUT2D eigenvalue weighted by Crippen LogP contribution is -2.53. The van der Waals surface area contributed by atoms with Crippen molar-refractivity contribution in [1.29, 1.82) is 0 Å². The Kier molecular flexibility index (Phi) is 6.09. The number of piperidine rings is 2. The third kappa shape index (κ3) is 3.89. The summed E-state index contributed by atoms with van der Waals surface area (Å²) in [6, 6.07) is 0.639. The Hall–Kier alpha value is -1.07. The van der Waals surface area contributed by atoms with Crippen molar-refractivity contribution in [1.82, 2.24) is 20.0 Å². The minimum Gasteiger partial charge on any atom is -0.342 e. The quantitative estimate of drug-likeness (QED) is 0.915. The predicted molar refractivity (Wildman–Crippen MR) is 94.0 cm³/mol. The first-order valence-electron chi connectivity index (χ1n) is 8.56. The van der Waals surface area contributed by atoms with Crippen molar-refractivity contribution < 1.29 is 4.79 Å². The molecular weight excluding hydrogens is 312 g/mol. The van der Waals surface area contributed by atoms with Gasteiger partial charge in [-0.25, -0.2) is 0 Å². The van der Waals surface area contributed by atoms with Gasteiger partial charge in [0.15, 0.2) is 0 Å². The number of aryl methyl sites for hydroxylation is 2. The molecule has 130 valence electrons. The number of aromatic nitrogens is 2. The third-order valence-corrected chi connectivity index (χ3v) is 5.49. The second kappa shape index (κ2) is 7.67. The van der Waals surface area contributed by atoms with Crippen molar-refractivity contribution >= 4 is 18.3 Å². The zero-order valence-electron chi connectivity index (χ0n) is 14.5. The van der Waals surface area contributed by atoms with Crippen LogP contribution in [-0.4, -0.2) is 46.3 Å². The van der Waals surface area contributed by atoms with Gasteiger partial charge < -0.3 is 10.2 Å². The lowest BCUT2D eigenvalue weighted by molar-refractivity contribution is -0.133. The Bertz CT molecular complexity index is 557. The van der Waals surface area contributed by atoms with Crippen LogP contribution in [0.4, 0.5) is 0 Å². The van der Waals surface area contributed by atoms with Crippen LogP contribution in [0.3, 0.4) is 0 Å². The van der Waals surface area contributed by atoms with Gasteiger partial charge in [-0.15, -0.1) is 12.4 Å². The van der Waals surface area contributed by atoms with Gasteiger partial charge in [-0.1, -0.05) is 0 Å². The maximum absolute atomic E-state index is 12.6. The van der Waals surface area contributed by atoms with E-state index in [1.807, 2.05) is 18.7 Å². The molecule has 3 heterocycles. The Labute approximate surface area is 145 Å². The highest BCUT2D eigenvalue weighted by molar-refractivity contribution is 5.85. The van der Waals surface area contributed by atoms with Crippen molar-refractivity contribution in [3.05, 3.63) is 17.0 Å². The average Bonchev–Trinajstić information content (AvgIpc) is 2.77. The SMILES string of the molecule is Cc1nn(C)c(C)c1CCC(=O)N1CC[C@@H]2NCCC[C@@H]2C1.Cl. The van der Waals surface area contributed by atoms with Crippen LogP contribution >= 0.6 is 12.4 Å². The minimum atomic E-state index is 0. The zero-order valence-corrected chi connectivity index (χ0v) is 15.3. The van der Waals surface area contributed by atoms with Gasteiger partial charge in [0.25, 0.3) is 0 Å². The Morgan fingerprint density at radius 2 is 2.13 bits per heavy atom. The highest BCUT2D eigenvalue weighted by Crippen LogP contribution is 2.25. The van der Waals surface area contributed by atoms with Crippen LogP contribution < -0.4 is 5.32 Å². The highest BCUT2D eigenvalue weighted by Gasteiger charge is 2.32. The van der Waals surface area contributed by atoms with Crippen molar-refractivity contribution in [2.75, 3.05) is 19.6 Å². The van der Waals surface area contributed by atoms with E-state index in [1.165, 1.54) is 24.1 Å². The fourth-order valence-electron chi connectivity index (χ4n) is 4.04. The molecule has 1 amide bonds. The molecule has 0 aliphatic carbocycles. The van der Waals surface area contributed by atoms with Crippen LogP contribution in [-0.2, 0) is 18.3 Å². The molecule has 0 saturated carbocycles. The number of nitrogens with zero attached hydrogens (tertiary/aromatic N) is 3. The molecule has 0 aromatic carbocycles. The zero-order chi connectivity index (χ0) is 15.7. The molecule has 0 unspecified atom stereocenters. The van der Waals surface area contributed by atoms with E-state index in [0.29, 0.717) is 24.3 Å². The summed E-state index contributed by atoms with van der Waals surface area (Å²) in [4.78, 5) is 14.6. The first-order valence-corrected chi connectivity index (χ1v) is 8.56. The molecule has 2 atom stereocenters. The summed E-state index contributed by atoms with van der Waals surface area (Å²) >= 11 is 0. The molecule has 2 saturated heterocycles. The topological polar surface area (TPSA) is 50.2 Å². The fraction of sp³-hybridized carbons (Fsp3) is 0.765. The summed E-state index contributed by atoms with van der Waals surface area (Å²) in [5, 5.41) is 8.05. The van der Waals surface area contributed by atoms with Crippen LogP contribution in [0, 0.1) is 19.8 Å². The van der Waals surface area contributed by atoms with Crippen LogP contribution in [0.15, 0.2) is 0 Å². The number of nitrogens with one attached hydrogen (secondary N) is 1. The smallest absolute Gasteiger partial charge is 0.222 e. The summed E-state index contributed by atoms with van der Waals surface area (Å²) < 4.78 is 1.91. The molecule has 0 radical (unpaired) electrons. The molecule has 1 aromatic heterocycles. The lowest BCUT2D eigenvalue weighted by Gasteiger charge is -2.41. The maximum Gasteiger partial charge on any atom is 0.222 e. The lowest BCUT2D eigenvalue weighted by atomic mass is 9.85. The van der Waals surface area contributed by atoms with Crippen molar-refractivity contribution in [3.63, 3.8) is 0 Å². The third-order valence-electron chi connectivity index (χ3n) is 5.49. The molecule has 23 heavy (non-hydrogen) atoms. The van der Waals surface area contributed by atoms with Crippen LogP contribution in [0.1, 0.15) is 42.6 Å². The molecule has 2 aliphatic rings. The van der Waals surface area contributed by atoms with Gasteiger partial charge in [0.2, 0.25) is 5.91 Å². The van der Waals surface area contributed by atoms with Crippen LogP contribution in [0.2, 0.25) is 0 Å². The van der Waals surface area contributed by atoms with Crippen LogP contribution in [0.5, 0.6) is 0 Å². The summed E-state index contributed by atoms with van der Waals surface area (Å²) in [6.45, 7) is 7.12. The largest absolute Gasteiger partial charge is 0.342 e. The highest BCUT2D eigenvalue weighted by atomic mass is 35.5. The molecule has 2 fully saturated rings. The molecule has 5 nitrogen and oxygen atoms in total. The molecule has 1 N–H and O–H groups in total. The van der Waals surface area contributed by atoms with E-state index in [4.69, 9.17) is 0 Å². The van der Waals surface area contributed by atoms with Gasteiger partial charge in [0, 0.05) is 38.3 Å². The van der Waals surface area contributed by atoms with E-state index >= 15 is 0 Å². The first kappa shape index (κ1) is 18.3. The summed E-state index contributed by atoms with van der Waals surface area (Å²) in [5.74, 6) is 0.972. The summed E-state index contributed by atoms with van der Waals surface area (Å²) in [5.41, 5.74) is 3.48. The Balaban J connectivity index is 0.00000192. The van der Waals surface area contributed by atoms with E-state index in [2.05, 4.69) is 22.2 Å². The second-order valence-electron chi connectivity index (χ2n) is 6.86. The number of fused-ring (bicyclic) bond motifs is 1. The molecule has 2 aliphatic heterocycles. The molecule has 0 bridgehead atoms. The monoisotopic (exact) mass is 340 g/mol. The van der Waals surface area contributed by atoms with Gasteiger partial charge in [-0.3, -0.25) is 9.48 Å². The van der Waals surface area contributed by atoms with Crippen molar-refractivity contribution in [2.24, 2.45) is 13.0 Å². The van der Waals surface area contributed by atoms with Gasteiger partial charge >= 0.3 is 0 Å². The summed E-state index contributed by atoms with van der Waals surface area (Å²) in [6.07, 6.45) is 5.05. The molecule has 3 rings (SSSR count). The molecule has 1 aromatic rings. The van der Waals surface area contributed by atoms with Crippen LogP contribution in [0.25, 0.3) is 0 Å². The normalized spacial score (nSPS) is 24.0. The molecule has 6 heteroatoms. The van der Waals surface area contributed by atoms with E-state index in [9.17, 15) is 4.79 Å². The van der Waals surface area contributed by atoms with Gasteiger partial charge in [0.1, 0.15) is 0 Å².